The lowest BCUT2D eigenvalue weighted by Gasteiger charge is -1.99. The van der Waals surface area contributed by atoms with Gasteiger partial charge in [0, 0.05) is 5.56 Å². The lowest BCUT2D eigenvalue weighted by Crippen LogP contribution is -1.95. The van der Waals surface area contributed by atoms with Crippen molar-refractivity contribution in [3.05, 3.63) is 47.7 Å². The molecule has 17 heavy (non-hydrogen) atoms. The summed E-state index contributed by atoms with van der Waals surface area (Å²) in [4.78, 5) is 10.7. The van der Waals surface area contributed by atoms with Crippen molar-refractivity contribution in [3.8, 4) is 11.3 Å². The molecule has 0 saturated heterocycles. The van der Waals surface area contributed by atoms with Crippen LogP contribution in [0.4, 0.5) is 8.78 Å². The standard InChI is InChI=1S/C12H8F2O3/c13-11(14)10-5-4-9(17-10)7-2-1-3-8(6-7)12(15)16/h1-6,11H,(H,15,16). The average Bonchev–Trinajstić information content (AvgIpc) is 2.78. The fourth-order valence-corrected chi connectivity index (χ4v) is 1.43. The molecular weight excluding hydrogens is 230 g/mol. The number of rotatable bonds is 3. The van der Waals surface area contributed by atoms with E-state index in [2.05, 4.69) is 0 Å². The van der Waals surface area contributed by atoms with Gasteiger partial charge in [0.25, 0.3) is 6.43 Å². The van der Waals surface area contributed by atoms with Crippen molar-refractivity contribution in [1.82, 2.24) is 0 Å². The second kappa shape index (κ2) is 4.37. The first-order valence-electron chi connectivity index (χ1n) is 4.79. The number of benzene rings is 1. The highest BCUT2D eigenvalue weighted by atomic mass is 19.3. The van der Waals surface area contributed by atoms with Crippen LogP contribution < -0.4 is 0 Å². The first-order chi connectivity index (χ1) is 8.08. The molecule has 1 N–H and O–H groups in total. The summed E-state index contributed by atoms with van der Waals surface area (Å²) in [6.45, 7) is 0. The summed E-state index contributed by atoms with van der Waals surface area (Å²) in [6.07, 6.45) is -2.67. The molecule has 0 spiro atoms. The molecule has 2 aromatic rings. The zero-order valence-electron chi connectivity index (χ0n) is 8.56. The summed E-state index contributed by atoms with van der Waals surface area (Å²) >= 11 is 0. The van der Waals surface area contributed by atoms with Crippen LogP contribution in [-0.2, 0) is 0 Å². The number of aromatic carboxylic acids is 1. The highest BCUT2D eigenvalue weighted by Gasteiger charge is 2.13. The van der Waals surface area contributed by atoms with E-state index >= 15 is 0 Å². The van der Waals surface area contributed by atoms with Gasteiger partial charge in [-0.15, -0.1) is 0 Å². The van der Waals surface area contributed by atoms with Crippen LogP contribution in [0.25, 0.3) is 11.3 Å². The van der Waals surface area contributed by atoms with E-state index in [1.165, 1.54) is 30.3 Å². The van der Waals surface area contributed by atoms with E-state index in [1.54, 1.807) is 6.07 Å². The van der Waals surface area contributed by atoms with Crippen molar-refractivity contribution in [2.24, 2.45) is 0 Å². The maximum Gasteiger partial charge on any atom is 0.335 e. The van der Waals surface area contributed by atoms with Crippen LogP contribution in [0.5, 0.6) is 0 Å². The number of carboxylic acids is 1. The van der Waals surface area contributed by atoms with E-state index in [0.29, 0.717) is 5.56 Å². The Kier molecular flexibility index (Phi) is 2.91. The summed E-state index contributed by atoms with van der Waals surface area (Å²) in [6, 6.07) is 8.49. The molecule has 0 aliphatic rings. The minimum Gasteiger partial charge on any atom is -0.478 e. The predicted octanol–water partition coefficient (Wildman–Crippen LogP) is 3.58. The van der Waals surface area contributed by atoms with E-state index < -0.39 is 18.2 Å². The minimum absolute atomic E-state index is 0.0810. The third-order valence-corrected chi connectivity index (χ3v) is 2.24. The molecule has 88 valence electrons. The predicted molar refractivity (Wildman–Crippen MR) is 56.1 cm³/mol. The topological polar surface area (TPSA) is 50.4 Å². The third-order valence-electron chi connectivity index (χ3n) is 2.24. The van der Waals surface area contributed by atoms with Crippen LogP contribution in [0.3, 0.4) is 0 Å². The number of furan rings is 1. The van der Waals surface area contributed by atoms with E-state index in [-0.39, 0.29) is 11.3 Å². The Morgan fingerprint density at radius 1 is 1.24 bits per heavy atom. The first-order valence-corrected chi connectivity index (χ1v) is 4.79. The summed E-state index contributed by atoms with van der Waals surface area (Å²) in [7, 11) is 0. The van der Waals surface area contributed by atoms with Crippen LogP contribution in [0.1, 0.15) is 22.5 Å². The fourth-order valence-electron chi connectivity index (χ4n) is 1.43. The molecule has 1 aromatic heterocycles. The number of hydrogen-bond donors (Lipinski definition) is 1. The Labute approximate surface area is 95.3 Å². The van der Waals surface area contributed by atoms with Crippen LogP contribution in [0.2, 0.25) is 0 Å². The molecule has 0 aliphatic heterocycles. The zero-order valence-corrected chi connectivity index (χ0v) is 8.56. The number of carboxylic acid groups (broad SMARTS) is 1. The van der Waals surface area contributed by atoms with Crippen LogP contribution >= 0.6 is 0 Å². The quantitative estimate of drug-likeness (QED) is 0.888. The summed E-state index contributed by atoms with van der Waals surface area (Å²) < 4.78 is 29.6. The molecule has 0 bridgehead atoms. The number of halogens is 2. The molecule has 0 amide bonds. The van der Waals surface area contributed by atoms with Gasteiger partial charge in [0.05, 0.1) is 5.56 Å². The molecule has 1 aromatic carbocycles. The largest absolute Gasteiger partial charge is 0.478 e. The van der Waals surface area contributed by atoms with Crippen molar-refractivity contribution in [2.45, 2.75) is 6.43 Å². The second-order valence-corrected chi connectivity index (χ2v) is 3.39. The van der Waals surface area contributed by atoms with Crippen molar-refractivity contribution in [1.29, 1.82) is 0 Å². The van der Waals surface area contributed by atoms with Gasteiger partial charge in [0.2, 0.25) is 0 Å². The number of alkyl halides is 2. The molecule has 0 radical (unpaired) electrons. The van der Waals surface area contributed by atoms with Crippen molar-refractivity contribution in [2.75, 3.05) is 0 Å². The third kappa shape index (κ3) is 2.33. The highest BCUT2D eigenvalue weighted by Crippen LogP contribution is 2.28. The maximum absolute atomic E-state index is 12.3. The van der Waals surface area contributed by atoms with Crippen LogP contribution in [-0.4, -0.2) is 11.1 Å². The van der Waals surface area contributed by atoms with Gasteiger partial charge in [-0.3, -0.25) is 0 Å². The molecule has 2 rings (SSSR count). The Hall–Kier alpha value is -2.17. The average molecular weight is 238 g/mol. The summed E-state index contributed by atoms with van der Waals surface area (Å²) in [5.74, 6) is -1.28. The van der Waals surface area contributed by atoms with Gasteiger partial charge in [-0.25, -0.2) is 13.6 Å². The van der Waals surface area contributed by atoms with Gasteiger partial charge in [-0.2, -0.15) is 0 Å². The van der Waals surface area contributed by atoms with E-state index in [4.69, 9.17) is 9.52 Å². The molecule has 0 atom stereocenters. The fraction of sp³-hybridized carbons (Fsp3) is 0.0833. The Balaban J connectivity index is 2.38. The van der Waals surface area contributed by atoms with Gasteiger partial charge in [0.1, 0.15) is 5.76 Å². The molecule has 0 unspecified atom stereocenters. The van der Waals surface area contributed by atoms with Crippen LogP contribution in [0.15, 0.2) is 40.8 Å². The molecule has 1 heterocycles. The van der Waals surface area contributed by atoms with Crippen molar-refractivity contribution >= 4 is 5.97 Å². The lowest BCUT2D eigenvalue weighted by molar-refractivity contribution is 0.0697. The molecular formula is C12H8F2O3. The SMILES string of the molecule is O=C(O)c1cccc(-c2ccc(C(F)F)o2)c1. The number of hydrogen-bond acceptors (Lipinski definition) is 2. The summed E-state index contributed by atoms with van der Waals surface area (Å²) in [5, 5.41) is 8.80. The van der Waals surface area contributed by atoms with Gasteiger partial charge in [-0.1, -0.05) is 12.1 Å². The summed E-state index contributed by atoms with van der Waals surface area (Å²) in [5.41, 5.74) is 0.536. The minimum atomic E-state index is -2.67. The monoisotopic (exact) mass is 238 g/mol. The normalized spacial score (nSPS) is 10.8. The number of carbonyl (C=O) groups is 1. The van der Waals surface area contributed by atoms with E-state index in [0.717, 1.165) is 0 Å². The highest BCUT2D eigenvalue weighted by molar-refractivity contribution is 5.89. The zero-order chi connectivity index (χ0) is 12.4. The first kappa shape index (κ1) is 11.3. The van der Waals surface area contributed by atoms with Gasteiger partial charge < -0.3 is 9.52 Å². The van der Waals surface area contributed by atoms with Crippen molar-refractivity contribution < 1.29 is 23.1 Å². The lowest BCUT2D eigenvalue weighted by atomic mass is 10.1. The molecule has 5 heteroatoms. The van der Waals surface area contributed by atoms with Gasteiger partial charge in [-0.05, 0) is 24.3 Å². The van der Waals surface area contributed by atoms with Crippen molar-refractivity contribution in [3.63, 3.8) is 0 Å². The van der Waals surface area contributed by atoms with E-state index in [9.17, 15) is 13.6 Å². The molecule has 0 aliphatic carbocycles. The Morgan fingerprint density at radius 3 is 2.59 bits per heavy atom. The second-order valence-electron chi connectivity index (χ2n) is 3.39. The Bertz CT molecular complexity index is 546. The van der Waals surface area contributed by atoms with E-state index in [1.807, 2.05) is 0 Å². The maximum atomic E-state index is 12.3. The molecule has 0 saturated carbocycles. The Morgan fingerprint density at radius 2 is 2.00 bits per heavy atom. The van der Waals surface area contributed by atoms with Gasteiger partial charge in [0.15, 0.2) is 5.76 Å². The molecule has 0 fully saturated rings. The van der Waals surface area contributed by atoms with Gasteiger partial charge >= 0.3 is 5.97 Å². The van der Waals surface area contributed by atoms with Crippen LogP contribution in [0, 0.1) is 0 Å². The smallest absolute Gasteiger partial charge is 0.335 e. The molecule has 3 nitrogen and oxygen atoms in total.